The first kappa shape index (κ1) is 19.2. The molecule has 2 unspecified atom stereocenters. The summed E-state index contributed by atoms with van der Waals surface area (Å²) >= 11 is 0. The Labute approximate surface area is 134 Å². The Morgan fingerprint density at radius 3 is 2.55 bits per heavy atom. The van der Waals surface area contributed by atoms with Gasteiger partial charge < -0.3 is 5.73 Å². The maximum Gasteiger partial charge on any atom is 0.416 e. The van der Waals surface area contributed by atoms with Gasteiger partial charge in [0.05, 0.1) is 5.56 Å². The lowest BCUT2D eigenvalue weighted by atomic mass is 9.96. The highest BCUT2D eigenvalue weighted by atomic mass is 35.5. The molecule has 22 heavy (non-hydrogen) atoms. The molecule has 0 radical (unpaired) electrons. The average molecular weight is 341 g/mol. The summed E-state index contributed by atoms with van der Waals surface area (Å²) in [5.41, 5.74) is 5.35. The standard InChI is InChI=1S/C15H20F4N2.ClH/c1-10(20)14-4-2-3-5-21(14)9-11-6-12(15(17,18)19)8-13(16)7-11;/h6-8,10,14H,2-5,9,20H2,1H3;1H. The number of hydrogen-bond donors (Lipinski definition) is 1. The van der Waals surface area contributed by atoms with Crippen molar-refractivity contribution in [2.75, 3.05) is 6.54 Å². The fourth-order valence-corrected chi connectivity index (χ4v) is 2.95. The monoisotopic (exact) mass is 340 g/mol. The lowest BCUT2D eigenvalue weighted by Gasteiger charge is -2.38. The Kier molecular flexibility index (Phi) is 6.65. The predicted octanol–water partition coefficient (Wildman–Crippen LogP) is 3.97. The Bertz CT molecular complexity index is 491. The summed E-state index contributed by atoms with van der Waals surface area (Å²) in [5, 5.41) is 0. The first-order valence-electron chi connectivity index (χ1n) is 7.13. The Hall–Kier alpha value is -0.850. The normalized spacial score (nSPS) is 21.3. The number of benzene rings is 1. The molecule has 0 bridgehead atoms. The predicted molar refractivity (Wildman–Crippen MR) is 80.3 cm³/mol. The number of likely N-dealkylation sites (tertiary alicyclic amines) is 1. The van der Waals surface area contributed by atoms with Crippen LogP contribution in [0.25, 0.3) is 0 Å². The molecule has 0 aromatic heterocycles. The van der Waals surface area contributed by atoms with Gasteiger partial charge in [-0.3, -0.25) is 4.90 Å². The van der Waals surface area contributed by atoms with Gasteiger partial charge in [0.2, 0.25) is 0 Å². The number of hydrogen-bond acceptors (Lipinski definition) is 2. The van der Waals surface area contributed by atoms with Crippen LogP contribution in [-0.2, 0) is 12.7 Å². The van der Waals surface area contributed by atoms with Crippen LogP contribution in [-0.4, -0.2) is 23.5 Å². The van der Waals surface area contributed by atoms with Gasteiger partial charge in [-0.2, -0.15) is 13.2 Å². The maximum atomic E-state index is 13.4. The molecule has 0 aliphatic carbocycles. The van der Waals surface area contributed by atoms with Crippen LogP contribution in [0.1, 0.15) is 37.3 Å². The zero-order valence-electron chi connectivity index (χ0n) is 12.4. The second-order valence-corrected chi connectivity index (χ2v) is 5.74. The van der Waals surface area contributed by atoms with Gasteiger partial charge in [0, 0.05) is 18.6 Å². The summed E-state index contributed by atoms with van der Waals surface area (Å²) in [6, 6.07) is 2.80. The Morgan fingerprint density at radius 2 is 1.95 bits per heavy atom. The van der Waals surface area contributed by atoms with E-state index in [0.717, 1.165) is 31.9 Å². The summed E-state index contributed by atoms with van der Waals surface area (Å²) < 4.78 is 51.6. The van der Waals surface area contributed by atoms with Crippen LogP contribution in [0, 0.1) is 5.82 Å². The molecule has 1 aromatic carbocycles. The molecule has 2 N–H and O–H groups in total. The quantitative estimate of drug-likeness (QED) is 0.844. The SMILES string of the molecule is CC(N)C1CCCCN1Cc1cc(F)cc(C(F)(F)F)c1.Cl. The molecule has 1 fully saturated rings. The summed E-state index contributed by atoms with van der Waals surface area (Å²) in [5.74, 6) is -0.853. The molecule has 126 valence electrons. The summed E-state index contributed by atoms with van der Waals surface area (Å²) in [7, 11) is 0. The largest absolute Gasteiger partial charge is 0.416 e. The fourth-order valence-electron chi connectivity index (χ4n) is 2.95. The van der Waals surface area contributed by atoms with Crippen molar-refractivity contribution in [3.05, 3.63) is 35.1 Å². The fraction of sp³-hybridized carbons (Fsp3) is 0.600. The van der Waals surface area contributed by atoms with E-state index >= 15 is 0 Å². The minimum absolute atomic E-state index is 0. The van der Waals surface area contributed by atoms with E-state index in [9.17, 15) is 17.6 Å². The van der Waals surface area contributed by atoms with E-state index in [4.69, 9.17) is 5.73 Å². The van der Waals surface area contributed by atoms with E-state index in [1.54, 1.807) is 0 Å². The molecule has 0 saturated carbocycles. The summed E-state index contributed by atoms with van der Waals surface area (Å²) in [6.45, 7) is 2.98. The van der Waals surface area contributed by atoms with Crippen LogP contribution in [0.3, 0.4) is 0 Å². The Morgan fingerprint density at radius 1 is 1.27 bits per heavy atom. The third-order valence-electron chi connectivity index (χ3n) is 3.94. The highest BCUT2D eigenvalue weighted by Gasteiger charge is 2.32. The molecule has 2 atom stereocenters. The maximum absolute atomic E-state index is 13.4. The second-order valence-electron chi connectivity index (χ2n) is 5.74. The molecule has 0 spiro atoms. The van der Waals surface area contributed by atoms with Gasteiger partial charge in [-0.05, 0) is 50.1 Å². The van der Waals surface area contributed by atoms with E-state index in [1.165, 1.54) is 6.07 Å². The van der Waals surface area contributed by atoms with Crippen molar-refractivity contribution in [1.82, 2.24) is 4.90 Å². The lowest BCUT2D eigenvalue weighted by molar-refractivity contribution is -0.137. The lowest BCUT2D eigenvalue weighted by Crippen LogP contribution is -2.48. The zero-order chi connectivity index (χ0) is 15.6. The molecule has 1 heterocycles. The highest BCUT2D eigenvalue weighted by Crippen LogP contribution is 2.31. The molecule has 1 saturated heterocycles. The van der Waals surface area contributed by atoms with Gasteiger partial charge in [0.1, 0.15) is 5.82 Å². The van der Waals surface area contributed by atoms with Crippen molar-refractivity contribution < 1.29 is 17.6 Å². The second kappa shape index (κ2) is 7.62. The number of nitrogens with zero attached hydrogens (tertiary/aromatic N) is 1. The number of piperidine rings is 1. The van der Waals surface area contributed by atoms with Crippen LogP contribution < -0.4 is 5.73 Å². The van der Waals surface area contributed by atoms with E-state index in [1.807, 2.05) is 6.92 Å². The van der Waals surface area contributed by atoms with Crippen molar-refractivity contribution in [1.29, 1.82) is 0 Å². The molecular formula is C15H21ClF4N2. The van der Waals surface area contributed by atoms with E-state index in [-0.39, 0.29) is 24.5 Å². The van der Waals surface area contributed by atoms with Gasteiger partial charge in [0.25, 0.3) is 0 Å². The molecule has 7 heteroatoms. The van der Waals surface area contributed by atoms with Crippen LogP contribution in [0.4, 0.5) is 17.6 Å². The van der Waals surface area contributed by atoms with E-state index < -0.39 is 17.6 Å². The van der Waals surface area contributed by atoms with Crippen LogP contribution >= 0.6 is 12.4 Å². The van der Waals surface area contributed by atoms with Gasteiger partial charge in [-0.25, -0.2) is 4.39 Å². The molecule has 1 aliphatic rings. The molecule has 0 amide bonds. The Balaban J connectivity index is 0.00000242. The molecule has 1 aromatic rings. The van der Waals surface area contributed by atoms with E-state index in [0.29, 0.717) is 18.2 Å². The van der Waals surface area contributed by atoms with Crippen LogP contribution in [0.2, 0.25) is 0 Å². The number of halogens is 5. The van der Waals surface area contributed by atoms with E-state index in [2.05, 4.69) is 4.90 Å². The third kappa shape index (κ3) is 4.83. The zero-order valence-corrected chi connectivity index (χ0v) is 13.2. The smallest absolute Gasteiger partial charge is 0.327 e. The van der Waals surface area contributed by atoms with Gasteiger partial charge in [-0.1, -0.05) is 6.42 Å². The minimum atomic E-state index is -4.53. The molecule has 2 rings (SSSR count). The molecular weight excluding hydrogens is 320 g/mol. The van der Waals surface area contributed by atoms with Crippen molar-refractivity contribution in [2.24, 2.45) is 5.73 Å². The first-order valence-corrected chi connectivity index (χ1v) is 7.13. The van der Waals surface area contributed by atoms with Gasteiger partial charge >= 0.3 is 6.18 Å². The highest BCUT2D eigenvalue weighted by molar-refractivity contribution is 5.85. The average Bonchev–Trinajstić information content (AvgIpc) is 2.37. The van der Waals surface area contributed by atoms with Crippen molar-refractivity contribution in [2.45, 2.75) is 51.0 Å². The van der Waals surface area contributed by atoms with Crippen molar-refractivity contribution in [3.63, 3.8) is 0 Å². The minimum Gasteiger partial charge on any atom is -0.327 e. The number of nitrogens with two attached hydrogens (primary N) is 1. The summed E-state index contributed by atoms with van der Waals surface area (Å²) in [6.07, 6.45) is -1.54. The van der Waals surface area contributed by atoms with Crippen LogP contribution in [0.15, 0.2) is 18.2 Å². The topological polar surface area (TPSA) is 29.3 Å². The van der Waals surface area contributed by atoms with Crippen molar-refractivity contribution in [3.8, 4) is 0 Å². The number of rotatable bonds is 3. The number of alkyl halides is 3. The van der Waals surface area contributed by atoms with Crippen LogP contribution in [0.5, 0.6) is 0 Å². The van der Waals surface area contributed by atoms with Gasteiger partial charge in [0.15, 0.2) is 0 Å². The molecule has 2 nitrogen and oxygen atoms in total. The van der Waals surface area contributed by atoms with Gasteiger partial charge in [-0.15, -0.1) is 12.4 Å². The third-order valence-corrected chi connectivity index (χ3v) is 3.94. The summed E-state index contributed by atoms with van der Waals surface area (Å²) in [4.78, 5) is 2.06. The first-order chi connectivity index (χ1) is 9.77. The molecule has 1 aliphatic heterocycles. The van der Waals surface area contributed by atoms with Crippen molar-refractivity contribution >= 4 is 12.4 Å².